The Morgan fingerprint density at radius 1 is 1.47 bits per heavy atom. The van der Waals surface area contributed by atoms with E-state index in [-0.39, 0.29) is 6.61 Å². The molecular formula is C10H21N4O+. The van der Waals surface area contributed by atoms with E-state index in [2.05, 4.69) is 29.3 Å². The van der Waals surface area contributed by atoms with Crippen LogP contribution in [0.2, 0.25) is 0 Å². The van der Waals surface area contributed by atoms with Crippen molar-refractivity contribution in [2.75, 3.05) is 40.8 Å². The Bertz CT molecular complexity index is 262. The van der Waals surface area contributed by atoms with Crippen molar-refractivity contribution < 1.29 is 9.70 Å². The highest BCUT2D eigenvalue weighted by molar-refractivity contribution is 4.93. The van der Waals surface area contributed by atoms with Gasteiger partial charge in [0.2, 0.25) is 0 Å². The summed E-state index contributed by atoms with van der Waals surface area (Å²) in [6, 6.07) is 0. The largest absolute Gasteiger partial charge is 0.396 e. The van der Waals surface area contributed by atoms with Crippen molar-refractivity contribution in [3.63, 3.8) is 0 Å². The SMILES string of the molecule is CN(C)CCC[N+]1(C)N=NC=C1CCO. The molecule has 0 bridgehead atoms. The van der Waals surface area contributed by atoms with Crippen molar-refractivity contribution in [3.8, 4) is 0 Å². The zero-order valence-corrected chi connectivity index (χ0v) is 9.85. The molecule has 1 atom stereocenters. The molecule has 1 heterocycles. The summed E-state index contributed by atoms with van der Waals surface area (Å²) < 4.78 is 0.508. The minimum absolute atomic E-state index is 0.165. The first-order chi connectivity index (χ1) is 7.08. The summed E-state index contributed by atoms with van der Waals surface area (Å²) in [5.74, 6) is 0. The summed E-state index contributed by atoms with van der Waals surface area (Å²) in [5.41, 5.74) is 1.09. The smallest absolute Gasteiger partial charge is 0.159 e. The molecule has 0 fully saturated rings. The molecule has 0 aromatic rings. The maximum atomic E-state index is 8.93. The van der Waals surface area contributed by atoms with Gasteiger partial charge in [0.25, 0.3) is 0 Å². The van der Waals surface area contributed by atoms with E-state index in [1.54, 1.807) is 6.20 Å². The van der Waals surface area contributed by atoms with E-state index < -0.39 is 0 Å². The fraction of sp³-hybridized carbons (Fsp3) is 0.800. The predicted molar refractivity (Wildman–Crippen MR) is 58.9 cm³/mol. The van der Waals surface area contributed by atoms with Crippen LogP contribution in [0.25, 0.3) is 0 Å². The van der Waals surface area contributed by atoms with Gasteiger partial charge in [-0.05, 0) is 14.1 Å². The average molecular weight is 213 g/mol. The van der Waals surface area contributed by atoms with Gasteiger partial charge in [-0.25, -0.2) is 0 Å². The Hall–Kier alpha value is -0.780. The molecule has 0 radical (unpaired) electrons. The number of rotatable bonds is 6. The second-order valence-corrected chi connectivity index (χ2v) is 4.32. The van der Waals surface area contributed by atoms with E-state index in [4.69, 9.17) is 5.11 Å². The highest BCUT2D eigenvalue weighted by atomic mass is 16.3. The average Bonchev–Trinajstić information content (AvgIpc) is 2.48. The minimum Gasteiger partial charge on any atom is -0.396 e. The molecule has 0 aliphatic carbocycles. The number of hydrogen-bond donors (Lipinski definition) is 1. The molecule has 86 valence electrons. The van der Waals surface area contributed by atoms with E-state index in [9.17, 15) is 0 Å². The van der Waals surface area contributed by atoms with E-state index >= 15 is 0 Å². The molecule has 15 heavy (non-hydrogen) atoms. The minimum atomic E-state index is 0.165. The van der Waals surface area contributed by atoms with E-state index in [1.165, 1.54) is 0 Å². The van der Waals surface area contributed by atoms with Gasteiger partial charge in [-0.3, -0.25) is 0 Å². The van der Waals surface area contributed by atoms with Gasteiger partial charge >= 0.3 is 0 Å². The molecule has 1 unspecified atom stereocenters. The Morgan fingerprint density at radius 2 is 2.20 bits per heavy atom. The third-order valence-corrected chi connectivity index (χ3v) is 2.64. The van der Waals surface area contributed by atoms with Gasteiger partial charge in [0.05, 0.1) is 13.7 Å². The molecule has 5 nitrogen and oxygen atoms in total. The lowest BCUT2D eigenvalue weighted by Crippen LogP contribution is -2.37. The third-order valence-electron chi connectivity index (χ3n) is 2.64. The first-order valence-electron chi connectivity index (χ1n) is 5.31. The van der Waals surface area contributed by atoms with Gasteiger partial charge in [0, 0.05) is 24.6 Å². The zero-order chi connectivity index (χ0) is 11.3. The number of hydrogen-bond acceptors (Lipinski definition) is 4. The van der Waals surface area contributed by atoms with Crippen molar-refractivity contribution in [1.29, 1.82) is 0 Å². The quantitative estimate of drug-likeness (QED) is 0.669. The number of nitrogens with zero attached hydrogens (tertiary/aromatic N) is 4. The van der Waals surface area contributed by atoms with E-state index in [0.717, 1.165) is 25.2 Å². The molecule has 0 spiro atoms. The molecule has 0 aromatic heterocycles. The second kappa shape index (κ2) is 5.34. The fourth-order valence-corrected chi connectivity index (χ4v) is 1.69. The molecule has 1 N–H and O–H groups in total. The molecule has 0 aromatic carbocycles. The summed E-state index contributed by atoms with van der Waals surface area (Å²) in [7, 11) is 6.17. The molecule has 0 amide bonds. The monoisotopic (exact) mass is 213 g/mol. The van der Waals surface area contributed by atoms with Crippen LogP contribution in [0.4, 0.5) is 0 Å². The molecule has 0 saturated heterocycles. The number of aliphatic hydroxyl groups is 1. The van der Waals surface area contributed by atoms with E-state index in [1.807, 2.05) is 7.05 Å². The topological polar surface area (TPSA) is 48.2 Å². The van der Waals surface area contributed by atoms with Crippen LogP contribution >= 0.6 is 0 Å². The van der Waals surface area contributed by atoms with E-state index in [0.29, 0.717) is 11.0 Å². The molecule has 1 aliphatic heterocycles. The maximum Gasteiger partial charge on any atom is 0.159 e. The number of aliphatic hydroxyl groups excluding tert-OH is 1. The summed E-state index contributed by atoms with van der Waals surface area (Å²) in [5, 5.41) is 17.1. The summed E-state index contributed by atoms with van der Waals surface area (Å²) in [6.45, 7) is 2.15. The van der Waals surface area contributed by atoms with Gasteiger partial charge in [-0.2, -0.15) is 4.59 Å². The molecule has 5 heteroatoms. The van der Waals surface area contributed by atoms with Gasteiger partial charge in [-0.1, -0.05) is 0 Å². The fourth-order valence-electron chi connectivity index (χ4n) is 1.69. The Balaban J connectivity index is 2.44. The van der Waals surface area contributed by atoms with Crippen LogP contribution in [-0.4, -0.2) is 55.4 Å². The van der Waals surface area contributed by atoms with Crippen LogP contribution < -0.4 is 0 Å². The number of quaternary nitrogens is 1. The predicted octanol–water partition coefficient (Wildman–Crippen LogP) is 0.989. The Morgan fingerprint density at radius 3 is 2.80 bits per heavy atom. The van der Waals surface area contributed by atoms with Crippen LogP contribution in [0.1, 0.15) is 12.8 Å². The Labute approximate surface area is 91.3 Å². The van der Waals surface area contributed by atoms with Crippen LogP contribution in [0.3, 0.4) is 0 Å². The van der Waals surface area contributed by atoms with Crippen molar-refractivity contribution in [2.24, 2.45) is 10.3 Å². The Kier molecular flexibility index (Phi) is 4.38. The second-order valence-electron chi connectivity index (χ2n) is 4.32. The van der Waals surface area contributed by atoms with Crippen LogP contribution in [0.5, 0.6) is 0 Å². The molecular weight excluding hydrogens is 192 g/mol. The lowest BCUT2D eigenvalue weighted by Gasteiger charge is -2.24. The van der Waals surface area contributed by atoms with Crippen LogP contribution in [0, 0.1) is 0 Å². The third kappa shape index (κ3) is 3.37. The lowest BCUT2D eigenvalue weighted by molar-refractivity contribution is -0.881. The molecule has 1 rings (SSSR count). The standard InChI is InChI=1S/C10H21N4O/c1-13(2)6-4-7-14(3)10(5-8-15)9-11-12-14/h9,15H,4-8H2,1-3H3/q+1. The van der Waals surface area contributed by atoms with Crippen LogP contribution in [-0.2, 0) is 0 Å². The highest BCUT2D eigenvalue weighted by Crippen LogP contribution is 2.25. The van der Waals surface area contributed by atoms with Crippen molar-refractivity contribution in [3.05, 3.63) is 11.9 Å². The first-order valence-corrected chi connectivity index (χ1v) is 5.31. The first kappa shape index (κ1) is 12.3. The van der Waals surface area contributed by atoms with Gasteiger partial charge < -0.3 is 10.0 Å². The van der Waals surface area contributed by atoms with Crippen molar-refractivity contribution in [1.82, 2.24) is 4.90 Å². The van der Waals surface area contributed by atoms with Gasteiger partial charge in [0.15, 0.2) is 5.70 Å². The summed E-state index contributed by atoms with van der Waals surface area (Å²) in [4.78, 5) is 2.16. The van der Waals surface area contributed by atoms with Gasteiger partial charge in [0.1, 0.15) is 12.7 Å². The van der Waals surface area contributed by atoms with Crippen molar-refractivity contribution in [2.45, 2.75) is 12.8 Å². The molecule has 0 saturated carbocycles. The zero-order valence-electron chi connectivity index (χ0n) is 9.85. The van der Waals surface area contributed by atoms with Crippen molar-refractivity contribution >= 4 is 0 Å². The van der Waals surface area contributed by atoms with Gasteiger partial charge in [-0.15, -0.1) is 5.11 Å². The molecule has 1 aliphatic rings. The van der Waals surface area contributed by atoms with Crippen LogP contribution in [0.15, 0.2) is 22.2 Å². The summed E-state index contributed by atoms with van der Waals surface area (Å²) >= 11 is 0. The lowest BCUT2D eigenvalue weighted by atomic mass is 10.2. The normalized spacial score (nSPS) is 25.0. The summed E-state index contributed by atoms with van der Waals surface area (Å²) in [6.07, 6.45) is 3.50. The highest BCUT2D eigenvalue weighted by Gasteiger charge is 2.31. The maximum absolute atomic E-state index is 8.93.